The summed E-state index contributed by atoms with van der Waals surface area (Å²) in [6, 6.07) is 9.51. The van der Waals surface area contributed by atoms with Crippen molar-refractivity contribution in [2.75, 3.05) is 0 Å². The largest absolute Gasteiger partial charge is 0.228 e. The van der Waals surface area contributed by atoms with Gasteiger partial charge in [-0.2, -0.15) is 4.37 Å². The van der Waals surface area contributed by atoms with Crippen LogP contribution < -0.4 is 0 Å². The topological polar surface area (TPSA) is 59.9 Å². The summed E-state index contributed by atoms with van der Waals surface area (Å²) in [6.07, 6.45) is 3.04. The van der Waals surface area contributed by atoms with Gasteiger partial charge in [0.2, 0.25) is 0 Å². The summed E-state index contributed by atoms with van der Waals surface area (Å²) < 4.78 is 25.9. The number of rotatable bonds is 3. The van der Waals surface area contributed by atoms with Crippen molar-refractivity contribution >= 4 is 21.4 Å². The van der Waals surface area contributed by atoms with E-state index in [1.165, 1.54) is 11.5 Å². The molecule has 0 unspecified atom stereocenters. The molecule has 1 radical (unpaired) electrons. The lowest BCUT2D eigenvalue weighted by Gasteiger charge is -1.92. The molecule has 0 aliphatic heterocycles. The van der Waals surface area contributed by atoms with E-state index in [2.05, 4.69) is 15.6 Å². The van der Waals surface area contributed by atoms with E-state index < -0.39 is 9.84 Å². The molecule has 1 aromatic heterocycles. The Balaban J connectivity index is 2.27. The SMILES string of the molecule is [CH2]S(=O)(=O)Cc1nsc(-c2ccccc2)n1. The van der Waals surface area contributed by atoms with Gasteiger partial charge in [0.25, 0.3) is 0 Å². The van der Waals surface area contributed by atoms with Crippen LogP contribution in [0.4, 0.5) is 0 Å². The van der Waals surface area contributed by atoms with Crippen molar-refractivity contribution in [1.29, 1.82) is 0 Å². The minimum Gasteiger partial charge on any atom is -0.228 e. The minimum absolute atomic E-state index is 0.212. The molecule has 1 heterocycles. The summed E-state index contributed by atoms with van der Waals surface area (Å²) in [5.41, 5.74) is 0.938. The Bertz CT molecular complexity index is 576. The third kappa shape index (κ3) is 2.86. The Morgan fingerprint density at radius 1 is 1.25 bits per heavy atom. The van der Waals surface area contributed by atoms with Gasteiger partial charge in [-0.05, 0) is 11.5 Å². The van der Waals surface area contributed by atoms with Gasteiger partial charge in [0.15, 0.2) is 15.7 Å². The van der Waals surface area contributed by atoms with E-state index >= 15 is 0 Å². The third-order valence-electron chi connectivity index (χ3n) is 1.84. The van der Waals surface area contributed by atoms with Crippen molar-refractivity contribution < 1.29 is 8.42 Å². The highest BCUT2D eigenvalue weighted by Gasteiger charge is 2.11. The van der Waals surface area contributed by atoms with Gasteiger partial charge in [0, 0.05) is 5.56 Å². The first-order valence-electron chi connectivity index (χ1n) is 4.48. The summed E-state index contributed by atoms with van der Waals surface area (Å²) in [4.78, 5) is 4.15. The molecule has 0 N–H and O–H groups in total. The molecule has 0 aliphatic rings. The normalized spacial score (nSPS) is 11.6. The van der Waals surface area contributed by atoms with Crippen LogP contribution in [0.2, 0.25) is 0 Å². The second kappa shape index (κ2) is 4.31. The predicted molar refractivity (Wildman–Crippen MR) is 63.3 cm³/mol. The van der Waals surface area contributed by atoms with Crippen LogP contribution in [-0.2, 0) is 15.6 Å². The molecule has 0 saturated heterocycles. The molecule has 2 rings (SSSR count). The standard InChI is InChI=1S/C10H9N2O2S2/c1-16(13,14)7-9-11-10(15-12-9)8-5-3-2-4-6-8/h2-6H,1,7H2. The molecule has 0 spiro atoms. The van der Waals surface area contributed by atoms with Crippen LogP contribution >= 0.6 is 11.5 Å². The number of nitrogens with zero attached hydrogens (tertiary/aromatic N) is 2. The summed E-state index contributed by atoms with van der Waals surface area (Å²) in [5, 5.41) is 0.722. The molecule has 4 nitrogen and oxygen atoms in total. The molecule has 0 amide bonds. The Hall–Kier alpha value is -1.27. The summed E-state index contributed by atoms with van der Waals surface area (Å²) >= 11 is 1.19. The zero-order valence-corrected chi connectivity index (χ0v) is 9.96. The van der Waals surface area contributed by atoms with E-state index in [0.29, 0.717) is 5.82 Å². The van der Waals surface area contributed by atoms with Crippen molar-refractivity contribution in [3.05, 3.63) is 42.4 Å². The Morgan fingerprint density at radius 2 is 1.94 bits per heavy atom. The summed E-state index contributed by atoms with van der Waals surface area (Å²) in [6.45, 7) is 0. The Labute approximate surface area is 98.1 Å². The summed E-state index contributed by atoms with van der Waals surface area (Å²) in [5.74, 6) is 0.0925. The fraction of sp³-hybridized carbons (Fsp3) is 0.100. The molecular formula is C10H9N2O2S2. The number of aromatic nitrogens is 2. The fourth-order valence-corrected chi connectivity index (χ4v) is 2.50. The van der Waals surface area contributed by atoms with E-state index in [1.54, 1.807) is 0 Å². The maximum absolute atomic E-state index is 11.0. The van der Waals surface area contributed by atoms with Crippen LogP contribution in [0.25, 0.3) is 10.6 Å². The summed E-state index contributed by atoms with van der Waals surface area (Å²) in [7, 11) is -3.31. The minimum atomic E-state index is -3.31. The number of benzene rings is 1. The van der Waals surface area contributed by atoms with Gasteiger partial charge in [-0.3, -0.25) is 0 Å². The molecule has 2 aromatic rings. The van der Waals surface area contributed by atoms with Crippen molar-refractivity contribution in [3.8, 4) is 10.6 Å². The first-order valence-corrected chi connectivity index (χ1v) is 7.08. The molecule has 0 atom stereocenters. The monoisotopic (exact) mass is 253 g/mol. The van der Waals surface area contributed by atoms with Crippen LogP contribution in [0, 0.1) is 6.26 Å². The molecule has 0 aliphatic carbocycles. The van der Waals surface area contributed by atoms with Crippen LogP contribution in [0.5, 0.6) is 0 Å². The van der Waals surface area contributed by atoms with Gasteiger partial charge in [-0.15, -0.1) is 0 Å². The van der Waals surface area contributed by atoms with Gasteiger partial charge in [-0.25, -0.2) is 13.4 Å². The lowest BCUT2D eigenvalue weighted by molar-refractivity contribution is 0.602. The lowest BCUT2D eigenvalue weighted by atomic mass is 10.2. The van der Waals surface area contributed by atoms with Crippen molar-refractivity contribution in [3.63, 3.8) is 0 Å². The average Bonchev–Trinajstić information content (AvgIpc) is 2.65. The average molecular weight is 253 g/mol. The van der Waals surface area contributed by atoms with Crippen molar-refractivity contribution in [1.82, 2.24) is 9.36 Å². The maximum Gasteiger partial charge on any atom is 0.158 e. The Morgan fingerprint density at radius 3 is 2.56 bits per heavy atom. The zero-order chi connectivity index (χ0) is 11.6. The highest BCUT2D eigenvalue weighted by atomic mass is 32.2. The number of sulfone groups is 1. The van der Waals surface area contributed by atoms with Gasteiger partial charge in [0.05, 0.1) is 6.26 Å². The van der Waals surface area contributed by atoms with E-state index in [4.69, 9.17) is 0 Å². The lowest BCUT2D eigenvalue weighted by Crippen LogP contribution is -1.99. The zero-order valence-electron chi connectivity index (χ0n) is 8.33. The number of hydrogen-bond acceptors (Lipinski definition) is 5. The van der Waals surface area contributed by atoms with Crippen LogP contribution in [0.15, 0.2) is 30.3 Å². The molecule has 16 heavy (non-hydrogen) atoms. The van der Waals surface area contributed by atoms with Crippen molar-refractivity contribution in [2.45, 2.75) is 5.75 Å². The molecule has 0 bridgehead atoms. The predicted octanol–water partition coefficient (Wildman–Crippen LogP) is 1.91. The molecule has 6 heteroatoms. The quantitative estimate of drug-likeness (QED) is 0.838. The first-order chi connectivity index (χ1) is 7.54. The van der Waals surface area contributed by atoms with E-state index in [9.17, 15) is 8.42 Å². The molecule has 83 valence electrons. The smallest absolute Gasteiger partial charge is 0.158 e. The van der Waals surface area contributed by atoms with E-state index in [-0.39, 0.29) is 5.75 Å². The second-order valence-electron chi connectivity index (χ2n) is 3.27. The van der Waals surface area contributed by atoms with Crippen LogP contribution in [0.1, 0.15) is 5.82 Å². The molecular weight excluding hydrogens is 244 g/mol. The molecule has 0 saturated carbocycles. The van der Waals surface area contributed by atoms with Crippen LogP contribution in [0.3, 0.4) is 0 Å². The van der Waals surface area contributed by atoms with Crippen molar-refractivity contribution in [2.24, 2.45) is 0 Å². The molecule has 0 fully saturated rings. The second-order valence-corrected chi connectivity index (χ2v) is 5.80. The number of hydrogen-bond donors (Lipinski definition) is 0. The van der Waals surface area contributed by atoms with E-state index in [1.807, 2.05) is 30.3 Å². The van der Waals surface area contributed by atoms with Gasteiger partial charge < -0.3 is 0 Å². The van der Waals surface area contributed by atoms with Gasteiger partial charge >= 0.3 is 0 Å². The Kier molecular flexibility index (Phi) is 3.02. The van der Waals surface area contributed by atoms with Crippen LogP contribution in [-0.4, -0.2) is 17.8 Å². The molecule has 1 aromatic carbocycles. The van der Waals surface area contributed by atoms with Gasteiger partial charge in [-0.1, -0.05) is 30.3 Å². The highest BCUT2D eigenvalue weighted by molar-refractivity contribution is 7.91. The fourth-order valence-electron chi connectivity index (χ4n) is 1.21. The first kappa shape index (κ1) is 11.2. The van der Waals surface area contributed by atoms with Gasteiger partial charge in [0.1, 0.15) is 10.8 Å². The van der Waals surface area contributed by atoms with E-state index in [0.717, 1.165) is 10.6 Å². The maximum atomic E-state index is 11.0. The highest BCUT2D eigenvalue weighted by Crippen LogP contribution is 2.21. The third-order valence-corrected chi connectivity index (χ3v) is 3.34.